The fraction of sp³-hybridized carbons (Fsp3) is 0.857. The molecule has 1 saturated carbocycles. The molecule has 0 aliphatic heterocycles. The number of nitrogens with one attached hydrogen (secondary N) is 1. The first kappa shape index (κ1) is 14.2. The van der Waals surface area contributed by atoms with Gasteiger partial charge in [-0.1, -0.05) is 46.5 Å². The van der Waals surface area contributed by atoms with Gasteiger partial charge in [-0.25, -0.2) is 0 Å². The molecule has 0 aromatic carbocycles. The van der Waals surface area contributed by atoms with Crippen LogP contribution in [0, 0.1) is 5.41 Å². The fourth-order valence-corrected chi connectivity index (χ4v) is 2.54. The van der Waals surface area contributed by atoms with Gasteiger partial charge >= 0.3 is 0 Å². The summed E-state index contributed by atoms with van der Waals surface area (Å²) in [5.41, 5.74) is -0.520. The van der Waals surface area contributed by atoms with Gasteiger partial charge in [0, 0.05) is 11.5 Å². The molecular formula is C14H25NO2. The topological polar surface area (TPSA) is 46.2 Å². The summed E-state index contributed by atoms with van der Waals surface area (Å²) in [6.45, 7) is 5.76. The molecule has 0 aromatic rings. The van der Waals surface area contributed by atoms with E-state index in [0.29, 0.717) is 0 Å². The first-order chi connectivity index (χ1) is 7.97. The van der Waals surface area contributed by atoms with Crippen LogP contribution in [0.4, 0.5) is 0 Å². The number of carbonyl (C=O) groups excluding carboxylic acids is 2. The number of hydrogen-bond acceptors (Lipinski definition) is 2. The van der Waals surface area contributed by atoms with Crippen molar-refractivity contribution in [3.63, 3.8) is 0 Å². The molecule has 1 rings (SSSR count). The number of amides is 1. The van der Waals surface area contributed by atoms with Crippen molar-refractivity contribution in [1.29, 1.82) is 0 Å². The van der Waals surface area contributed by atoms with Crippen molar-refractivity contribution in [1.82, 2.24) is 5.32 Å². The van der Waals surface area contributed by atoms with Crippen LogP contribution in [0.5, 0.6) is 0 Å². The summed E-state index contributed by atoms with van der Waals surface area (Å²) >= 11 is 0. The third kappa shape index (κ3) is 4.14. The average molecular weight is 239 g/mol. The Kier molecular flexibility index (Phi) is 5.16. The first-order valence-electron chi connectivity index (χ1n) is 6.82. The van der Waals surface area contributed by atoms with Crippen LogP contribution in [-0.2, 0) is 9.59 Å². The molecule has 98 valence electrons. The monoisotopic (exact) mass is 239 g/mol. The van der Waals surface area contributed by atoms with Crippen LogP contribution in [0.15, 0.2) is 0 Å². The van der Waals surface area contributed by atoms with Gasteiger partial charge in [0.05, 0.1) is 0 Å². The molecular weight excluding hydrogens is 214 g/mol. The Bertz CT molecular complexity index is 278. The van der Waals surface area contributed by atoms with Gasteiger partial charge in [-0.3, -0.25) is 9.59 Å². The summed E-state index contributed by atoms with van der Waals surface area (Å²) in [5.74, 6) is -0.639. The standard InChI is InChI=1S/C14H25NO2/c1-4-10-14(2,3)12(16)13(17)15-11-8-6-5-7-9-11/h11H,4-10H2,1-3H3,(H,15,17). The largest absolute Gasteiger partial charge is 0.347 e. The highest BCUT2D eigenvalue weighted by Gasteiger charge is 2.33. The predicted molar refractivity (Wildman–Crippen MR) is 68.7 cm³/mol. The van der Waals surface area contributed by atoms with Gasteiger partial charge in [-0.2, -0.15) is 0 Å². The van der Waals surface area contributed by atoms with E-state index in [0.717, 1.165) is 38.5 Å². The summed E-state index contributed by atoms with van der Waals surface area (Å²) in [7, 11) is 0. The van der Waals surface area contributed by atoms with Crippen LogP contribution in [0.2, 0.25) is 0 Å². The van der Waals surface area contributed by atoms with Gasteiger partial charge < -0.3 is 5.32 Å². The van der Waals surface area contributed by atoms with Gasteiger partial charge in [-0.05, 0) is 19.3 Å². The molecule has 1 N–H and O–H groups in total. The normalized spacial score (nSPS) is 17.8. The van der Waals surface area contributed by atoms with E-state index in [1.54, 1.807) is 0 Å². The molecule has 0 spiro atoms. The lowest BCUT2D eigenvalue weighted by Gasteiger charge is -2.26. The Labute approximate surface area is 104 Å². The summed E-state index contributed by atoms with van der Waals surface area (Å²) in [4.78, 5) is 23.9. The molecule has 0 atom stereocenters. The lowest BCUT2D eigenvalue weighted by atomic mass is 9.83. The van der Waals surface area contributed by atoms with Gasteiger partial charge in [0.2, 0.25) is 5.78 Å². The highest BCUT2D eigenvalue weighted by molar-refractivity contribution is 6.38. The van der Waals surface area contributed by atoms with E-state index < -0.39 is 5.41 Å². The van der Waals surface area contributed by atoms with Gasteiger partial charge in [-0.15, -0.1) is 0 Å². The lowest BCUT2D eigenvalue weighted by Crippen LogP contribution is -2.45. The SMILES string of the molecule is CCCC(C)(C)C(=O)C(=O)NC1CCCCC1. The van der Waals surface area contributed by atoms with Crippen LogP contribution < -0.4 is 5.32 Å². The van der Waals surface area contributed by atoms with Crippen LogP contribution >= 0.6 is 0 Å². The Hall–Kier alpha value is -0.860. The molecule has 3 heteroatoms. The zero-order chi connectivity index (χ0) is 12.9. The number of carbonyl (C=O) groups is 2. The van der Waals surface area contributed by atoms with Crippen molar-refractivity contribution in [3.05, 3.63) is 0 Å². The van der Waals surface area contributed by atoms with Gasteiger partial charge in [0.15, 0.2) is 0 Å². The van der Waals surface area contributed by atoms with Crippen LogP contribution in [0.1, 0.15) is 65.7 Å². The van der Waals surface area contributed by atoms with Crippen molar-refractivity contribution in [3.8, 4) is 0 Å². The van der Waals surface area contributed by atoms with E-state index in [1.807, 2.05) is 20.8 Å². The maximum absolute atomic E-state index is 12.0. The Morgan fingerprint density at radius 3 is 2.29 bits per heavy atom. The van der Waals surface area contributed by atoms with E-state index in [1.165, 1.54) is 6.42 Å². The van der Waals surface area contributed by atoms with Crippen LogP contribution in [-0.4, -0.2) is 17.7 Å². The summed E-state index contributed by atoms with van der Waals surface area (Å²) in [5, 5.41) is 2.89. The molecule has 1 aliphatic rings. The third-order valence-electron chi connectivity index (χ3n) is 3.64. The van der Waals surface area contributed by atoms with Gasteiger partial charge in [0.25, 0.3) is 5.91 Å². The van der Waals surface area contributed by atoms with Crippen molar-refractivity contribution >= 4 is 11.7 Å². The smallest absolute Gasteiger partial charge is 0.288 e. The molecule has 1 aliphatic carbocycles. The molecule has 0 saturated heterocycles. The molecule has 0 heterocycles. The van der Waals surface area contributed by atoms with Crippen molar-refractivity contribution < 1.29 is 9.59 Å². The van der Waals surface area contributed by atoms with Crippen molar-refractivity contribution in [2.24, 2.45) is 5.41 Å². The molecule has 0 aromatic heterocycles. The third-order valence-corrected chi connectivity index (χ3v) is 3.64. The van der Waals surface area contributed by atoms with E-state index in [9.17, 15) is 9.59 Å². The number of ketones is 1. The lowest BCUT2D eigenvalue weighted by molar-refractivity contribution is -0.143. The Morgan fingerprint density at radius 1 is 1.18 bits per heavy atom. The van der Waals surface area contributed by atoms with Crippen LogP contribution in [0.25, 0.3) is 0 Å². The minimum Gasteiger partial charge on any atom is -0.347 e. The Balaban J connectivity index is 2.48. The molecule has 17 heavy (non-hydrogen) atoms. The summed E-state index contributed by atoms with van der Waals surface area (Å²) in [6.07, 6.45) is 7.32. The summed E-state index contributed by atoms with van der Waals surface area (Å²) in [6, 6.07) is 0.220. The van der Waals surface area contributed by atoms with E-state index >= 15 is 0 Å². The van der Waals surface area contributed by atoms with Crippen molar-refractivity contribution in [2.45, 2.75) is 71.8 Å². The van der Waals surface area contributed by atoms with E-state index in [2.05, 4.69) is 5.32 Å². The zero-order valence-electron chi connectivity index (χ0n) is 11.3. The Morgan fingerprint density at radius 2 is 1.76 bits per heavy atom. The minimum atomic E-state index is -0.520. The molecule has 0 bridgehead atoms. The second kappa shape index (κ2) is 6.18. The molecule has 3 nitrogen and oxygen atoms in total. The predicted octanol–water partition coefficient (Wildman–Crippen LogP) is 2.83. The second-order valence-electron chi connectivity index (χ2n) is 5.77. The quantitative estimate of drug-likeness (QED) is 0.750. The fourth-order valence-electron chi connectivity index (χ4n) is 2.54. The van der Waals surface area contributed by atoms with E-state index in [-0.39, 0.29) is 17.7 Å². The summed E-state index contributed by atoms with van der Waals surface area (Å²) < 4.78 is 0. The van der Waals surface area contributed by atoms with Gasteiger partial charge in [0.1, 0.15) is 0 Å². The van der Waals surface area contributed by atoms with Crippen molar-refractivity contribution in [2.75, 3.05) is 0 Å². The highest BCUT2D eigenvalue weighted by atomic mass is 16.2. The number of Topliss-reactive ketones (excluding diaryl/α,β-unsaturated/α-hetero) is 1. The average Bonchev–Trinajstić information content (AvgIpc) is 2.29. The highest BCUT2D eigenvalue weighted by Crippen LogP contribution is 2.24. The minimum absolute atomic E-state index is 0.220. The second-order valence-corrected chi connectivity index (χ2v) is 5.77. The number of hydrogen-bond donors (Lipinski definition) is 1. The number of rotatable bonds is 5. The van der Waals surface area contributed by atoms with Crippen LogP contribution in [0.3, 0.4) is 0 Å². The first-order valence-corrected chi connectivity index (χ1v) is 6.82. The maximum atomic E-state index is 12.0. The molecule has 0 radical (unpaired) electrons. The molecule has 0 unspecified atom stereocenters. The maximum Gasteiger partial charge on any atom is 0.288 e. The molecule has 1 fully saturated rings. The molecule has 1 amide bonds. The van der Waals surface area contributed by atoms with E-state index in [4.69, 9.17) is 0 Å². The zero-order valence-corrected chi connectivity index (χ0v) is 11.3.